The van der Waals surface area contributed by atoms with Crippen LogP contribution in [-0.4, -0.2) is 12.6 Å². The summed E-state index contributed by atoms with van der Waals surface area (Å²) in [5.41, 5.74) is 2.82. The summed E-state index contributed by atoms with van der Waals surface area (Å²) in [5, 5.41) is 3.37. The first-order valence-electron chi connectivity index (χ1n) is 4.57. The lowest BCUT2D eigenvalue weighted by atomic mass is 9.86. The van der Waals surface area contributed by atoms with Gasteiger partial charge in [-0.05, 0) is 19.4 Å². The number of rotatable bonds is 1. The summed E-state index contributed by atoms with van der Waals surface area (Å²) >= 11 is 0. The summed E-state index contributed by atoms with van der Waals surface area (Å²) in [5.74, 6) is 0.741. The quantitative estimate of drug-likeness (QED) is 0.665. The molecule has 0 amide bonds. The molecule has 1 heterocycles. The number of nitrogens with one attached hydrogen (secondary N) is 1. The molecule has 1 fully saturated rings. The fourth-order valence-electron chi connectivity index (χ4n) is 1.69. The van der Waals surface area contributed by atoms with E-state index in [2.05, 4.69) is 43.4 Å². The maximum atomic E-state index is 3.37. The third kappa shape index (κ3) is 1.25. The predicted octanol–water partition coefficient (Wildman–Crippen LogP) is 2.07. The van der Waals surface area contributed by atoms with Crippen LogP contribution < -0.4 is 5.32 Å². The van der Waals surface area contributed by atoms with E-state index in [1.807, 2.05) is 0 Å². The Bertz CT molecular complexity index is 263. The smallest absolute Gasteiger partial charge is 0.0120 e. The van der Waals surface area contributed by atoms with Crippen molar-refractivity contribution in [1.29, 1.82) is 0 Å². The summed E-state index contributed by atoms with van der Waals surface area (Å²) in [6, 6.07) is 9.54. The zero-order valence-electron chi connectivity index (χ0n) is 7.67. The van der Waals surface area contributed by atoms with E-state index in [4.69, 9.17) is 0 Å². The molecular formula is C11H15N. The van der Waals surface area contributed by atoms with Crippen molar-refractivity contribution in [1.82, 2.24) is 5.32 Å². The first kappa shape index (κ1) is 7.81. The van der Waals surface area contributed by atoms with Gasteiger partial charge in [0, 0.05) is 18.5 Å². The summed E-state index contributed by atoms with van der Waals surface area (Å²) in [7, 11) is 0. The van der Waals surface area contributed by atoms with Gasteiger partial charge in [0.05, 0.1) is 0 Å². The molecule has 64 valence electrons. The van der Waals surface area contributed by atoms with Crippen molar-refractivity contribution >= 4 is 0 Å². The van der Waals surface area contributed by atoms with Gasteiger partial charge in [-0.1, -0.05) is 29.8 Å². The third-order valence-electron chi connectivity index (χ3n) is 2.77. The van der Waals surface area contributed by atoms with Crippen molar-refractivity contribution in [2.75, 3.05) is 6.54 Å². The maximum Gasteiger partial charge on any atom is 0.0120 e. The first-order valence-corrected chi connectivity index (χ1v) is 4.57. The van der Waals surface area contributed by atoms with Crippen LogP contribution in [0.3, 0.4) is 0 Å². The molecule has 0 bridgehead atoms. The SMILES string of the molecule is Cc1ccc(C2CNC2C)cc1. The molecule has 1 heteroatoms. The van der Waals surface area contributed by atoms with E-state index in [9.17, 15) is 0 Å². The van der Waals surface area contributed by atoms with E-state index in [1.54, 1.807) is 0 Å². The van der Waals surface area contributed by atoms with Gasteiger partial charge >= 0.3 is 0 Å². The monoisotopic (exact) mass is 161 g/mol. The molecule has 1 aliphatic heterocycles. The van der Waals surface area contributed by atoms with Gasteiger partial charge in [0.2, 0.25) is 0 Å². The van der Waals surface area contributed by atoms with Crippen molar-refractivity contribution in [2.45, 2.75) is 25.8 Å². The molecule has 0 saturated carbocycles. The van der Waals surface area contributed by atoms with Gasteiger partial charge in [-0.15, -0.1) is 0 Å². The van der Waals surface area contributed by atoms with Gasteiger partial charge in [-0.2, -0.15) is 0 Å². The molecule has 0 aromatic heterocycles. The van der Waals surface area contributed by atoms with E-state index >= 15 is 0 Å². The second-order valence-electron chi connectivity index (χ2n) is 3.71. The topological polar surface area (TPSA) is 12.0 Å². The average Bonchev–Trinajstić information content (AvgIpc) is 2.06. The van der Waals surface area contributed by atoms with Crippen LogP contribution in [0.25, 0.3) is 0 Å². The zero-order chi connectivity index (χ0) is 8.55. The molecule has 1 aliphatic rings. The van der Waals surface area contributed by atoms with Crippen molar-refractivity contribution < 1.29 is 0 Å². The lowest BCUT2D eigenvalue weighted by molar-refractivity contribution is 0.334. The molecule has 1 N–H and O–H groups in total. The fourth-order valence-corrected chi connectivity index (χ4v) is 1.69. The van der Waals surface area contributed by atoms with Crippen LogP contribution in [-0.2, 0) is 0 Å². The molecule has 0 radical (unpaired) electrons. The van der Waals surface area contributed by atoms with Gasteiger partial charge < -0.3 is 5.32 Å². The highest BCUT2D eigenvalue weighted by atomic mass is 15.0. The molecule has 1 aromatic rings. The molecule has 1 aromatic carbocycles. The molecule has 2 atom stereocenters. The minimum absolute atomic E-state index is 0.660. The van der Waals surface area contributed by atoms with Gasteiger partial charge in [-0.25, -0.2) is 0 Å². The normalized spacial score (nSPS) is 28.2. The summed E-state index contributed by atoms with van der Waals surface area (Å²) < 4.78 is 0. The van der Waals surface area contributed by atoms with Gasteiger partial charge in [-0.3, -0.25) is 0 Å². The highest BCUT2D eigenvalue weighted by Gasteiger charge is 2.26. The van der Waals surface area contributed by atoms with Crippen LogP contribution in [0.2, 0.25) is 0 Å². The molecule has 0 aliphatic carbocycles. The molecule has 2 rings (SSSR count). The Kier molecular flexibility index (Phi) is 1.89. The van der Waals surface area contributed by atoms with E-state index in [0.717, 1.165) is 12.5 Å². The van der Waals surface area contributed by atoms with E-state index < -0.39 is 0 Å². The molecule has 1 nitrogen and oxygen atoms in total. The minimum atomic E-state index is 0.660. The summed E-state index contributed by atoms with van der Waals surface area (Å²) in [6.45, 7) is 5.52. The first-order chi connectivity index (χ1) is 5.77. The average molecular weight is 161 g/mol. The fraction of sp³-hybridized carbons (Fsp3) is 0.455. The van der Waals surface area contributed by atoms with Crippen LogP contribution in [0.5, 0.6) is 0 Å². The van der Waals surface area contributed by atoms with Gasteiger partial charge in [0.1, 0.15) is 0 Å². The summed E-state index contributed by atoms with van der Waals surface area (Å²) in [6.07, 6.45) is 0. The lowest BCUT2D eigenvalue weighted by Gasteiger charge is -2.35. The molecular weight excluding hydrogens is 146 g/mol. The van der Waals surface area contributed by atoms with Crippen LogP contribution >= 0.6 is 0 Å². The van der Waals surface area contributed by atoms with Gasteiger partial charge in [0.25, 0.3) is 0 Å². The zero-order valence-corrected chi connectivity index (χ0v) is 7.67. The Labute approximate surface area is 73.8 Å². The van der Waals surface area contributed by atoms with E-state index in [-0.39, 0.29) is 0 Å². The van der Waals surface area contributed by atoms with Crippen molar-refractivity contribution in [3.05, 3.63) is 35.4 Å². The van der Waals surface area contributed by atoms with Gasteiger partial charge in [0.15, 0.2) is 0 Å². The van der Waals surface area contributed by atoms with Crippen LogP contribution in [0.4, 0.5) is 0 Å². The largest absolute Gasteiger partial charge is 0.313 e. The molecule has 1 saturated heterocycles. The predicted molar refractivity (Wildman–Crippen MR) is 51.4 cm³/mol. The van der Waals surface area contributed by atoms with Crippen LogP contribution in [0.1, 0.15) is 24.0 Å². The second kappa shape index (κ2) is 2.91. The molecule has 2 unspecified atom stereocenters. The number of hydrogen-bond donors (Lipinski definition) is 1. The lowest BCUT2D eigenvalue weighted by Crippen LogP contribution is -2.48. The Morgan fingerprint density at radius 1 is 1.25 bits per heavy atom. The van der Waals surface area contributed by atoms with Crippen molar-refractivity contribution in [3.63, 3.8) is 0 Å². The Morgan fingerprint density at radius 2 is 1.92 bits per heavy atom. The number of benzene rings is 1. The second-order valence-corrected chi connectivity index (χ2v) is 3.71. The Balaban J connectivity index is 2.18. The molecule has 0 spiro atoms. The van der Waals surface area contributed by atoms with E-state index in [0.29, 0.717) is 6.04 Å². The van der Waals surface area contributed by atoms with Crippen LogP contribution in [0.15, 0.2) is 24.3 Å². The third-order valence-corrected chi connectivity index (χ3v) is 2.77. The minimum Gasteiger partial charge on any atom is -0.313 e. The standard InChI is InChI=1S/C11H15N/c1-8-3-5-10(6-4-8)11-7-12-9(11)2/h3-6,9,11-12H,7H2,1-2H3. The Hall–Kier alpha value is -0.820. The van der Waals surface area contributed by atoms with Crippen LogP contribution in [0, 0.1) is 6.92 Å². The van der Waals surface area contributed by atoms with E-state index in [1.165, 1.54) is 11.1 Å². The van der Waals surface area contributed by atoms with Crippen molar-refractivity contribution in [2.24, 2.45) is 0 Å². The molecule has 12 heavy (non-hydrogen) atoms. The highest BCUT2D eigenvalue weighted by molar-refractivity contribution is 5.27. The van der Waals surface area contributed by atoms with Crippen molar-refractivity contribution in [3.8, 4) is 0 Å². The highest BCUT2D eigenvalue weighted by Crippen LogP contribution is 2.25. The Morgan fingerprint density at radius 3 is 2.33 bits per heavy atom. The number of aryl methyl sites for hydroxylation is 1. The summed E-state index contributed by atoms with van der Waals surface area (Å²) in [4.78, 5) is 0. The number of hydrogen-bond acceptors (Lipinski definition) is 1. The maximum absolute atomic E-state index is 3.37.